The fraction of sp³-hybridized carbons (Fsp3) is 0.850. The first-order valence-corrected chi connectivity index (χ1v) is 9.58. The summed E-state index contributed by atoms with van der Waals surface area (Å²) in [7, 11) is 2.68. The third-order valence-electron chi connectivity index (χ3n) is 6.58. The fourth-order valence-electron chi connectivity index (χ4n) is 4.72. The van der Waals surface area contributed by atoms with Crippen molar-refractivity contribution in [1.82, 2.24) is 5.32 Å². The fourth-order valence-corrected chi connectivity index (χ4v) is 4.72. The quantitative estimate of drug-likeness (QED) is 0.440. The second-order valence-corrected chi connectivity index (χ2v) is 8.03. The molecule has 0 heterocycles. The van der Waals surface area contributed by atoms with Gasteiger partial charge in [-0.05, 0) is 44.6 Å². The molecular formula is C20H37NO5. The van der Waals surface area contributed by atoms with Crippen LogP contribution in [-0.2, 0) is 4.79 Å². The number of likely N-dealkylation sites (N-methyl/N-ethyl adjacent to an activating group) is 1. The summed E-state index contributed by atoms with van der Waals surface area (Å²) in [6, 6.07) is -0.446. The van der Waals surface area contributed by atoms with Crippen LogP contribution in [0.4, 0.5) is 0 Å². The van der Waals surface area contributed by atoms with E-state index >= 15 is 0 Å². The Morgan fingerprint density at radius 1 is 1.31 bits per heavy atom. The van der Waals surface area contributed by atoms with Crippen molar-refractivity contribution in [2.45, 2.75) is 58.3 Å². The third-order valence-corrected chi connectivity index (χ3v) is 6.58. The standard InChI is InChI=1S/C19H33NO4.CH4O/c1-11-5-7-15-13(9-11)6-8-16(22)19(15,3)18(24)14(10-21)17(23)12(2)20-4;1-2/h6,8,11-16,18,20-22,24H,5,7,9-10H2,1-4H3;2H,1H3/t11-,12?,13+,14?,15?,16-,18-,19-;/m0./s1. The zero-order valence-corrected chi connectivity index (χ0v) is 16.7. The van der Waals surface area contributed by atoms with Crippen molar-refractivity contribution in [2.24, 2.45) is 29.1 Å². The molecule has 152 valence electrons. The van der Waals surface area contributed by atoms with Crippen LogP contribution in [0.2, 0.25) is 0 Å². The van der Waals surface area contributed by atoms with E-state index in [-0.39, 0.29) is 11.7 Å². The summed E-state index contributed by atoms with van der Waals surface area (Å²) in [4.78, 5) is 12.6. The molecule has 2 aliphatic carbocycles. The van der Waals surface area contributed by atoms with Crippen LogP contribution in [0.3, 0.4) is 0 Å². The summed E-state index contributed by atoms with van der Waals surface area (Å²) in [5.74, 6) is -0.0367. The lowest BCUT2D eigenvalue weighted by molar-refractivity contribution is -0.152. The van der Waals surface area contributed by atoms with Crippen molar-refractivity contribution in [1.29, 1.82) is 0 Å². The first kappa shape index (κ1) is 23.2. The second-order valence-electron chi connectivity index (χ2n) is 8.03. The van der Waals surface area contributed by atoms with Crippen LogP contribution in [0.25, 0.3) is 0 Å². The average Bonchev–Trinajstić information content (AvgIpc) is 2.65. The summed E-state index contributed by atoms with van der Waals surface area (Å²) in [5, 5.41) is 41.4. The minimum atomic E-state index is -1.08. The Labute approximate surface area is 157 Å². The van der Waals surface area contributed by atoms with Gasteiger partial charge in [0.05, 0.1) is 30.8 Å². The van der Waals surface area contributed by atoms with E-state index in [0.717, 1.165) is 26.4 Å². The molecule has 0 aromatic heterocycles. The van der Waals surface area contributed by atoms with E-state index in [0.29, 0.717) is 11.8 Å². The van der Waals surface area contributed by atoms with Gasteiger partial charge in [-0.15, -0.1) is 0 Å². The number of allylic oxidation sites excluding steroid dienone is 1. The monoisotopic (exact) mass is 371 g/mol. The first-order valence-electron chi connectivity index (χ1n) is 9.58. The molecule has 2 aliphatic rings. The van der Waals surface area contributed by atoms with Gasteiger partial charge in [0, 0.05) is 12.5 Å². The normalized spacial score (nSPS) is 37.0. The second kappa shape index (κ2) is 9.95. The summed E-state index contributed by atoms with van der Waals surface area (Å²) < 4.78 is 0. The predicted molar refractivity (Wildman–Crippen MR) is 102 cm³/mol. The predicted octanol–water partition coefficient (Wildman–Crippen LogP) is 0.731. The van der Waals surface area contributed by atoms with E-state index in [4.69, 9.17) is 5.11 Å². The molecule has 3 unspecified atom stereocenters. The topological polar surface area (TPSA) is 110 Å². The van der Waals surface area contributed by atoms with E-state index in [9.17, 15) is 20.1 Å². The molecule has 0 amide bonds. The molecular weight excluding hydrogens is 334 g/mol. The van der Waals surface area contributed by atoms with Gasteiger partial charge in [0.1, 0.15) is 0 Å². The molecule has 1 fully saturated rings. The van der Waals surface area contributed by atoms with Gasteiger partial charge >= 0.3 is 0 Å². The Morgan fingerprint density at radius 3 is 2.46 bits per heavy atom. The highest BCUT2D eigenvalue weighted by molar-refractivity contribution is 5.86. The number of hydrogen-bond acceptors (Lipinski definition) is 6. The van der Waals surface area contributed by atoms with E-state index in [1.807, 2.05) is 6.92 Å². The Kier molecular flexibility index (Phi) is 8.89. The van der Waals surface area contributed by atoms with Crippen LogP contribution in [-0.4, -0.2) is 65.2 Å². The van der Waals surface area contributed by atoms with Crippen molar-refractivity contribution >= 4 is 5.78 Å². The summed E-state index contributed by atoms with van der Waals surface area (Å²) in [5.41, 5.74) is -0.823. The highest BCUT2D eigenvalue weighted by atomic mass is 16.3. The van der Waals surface area contributed by atoms with Crippen LogP contribution in [0, 0.1) is 29.1 Å². The molecule has 2 rings (SSSR count). The molecule has 0 saturated heterocycles. The number of carbonyl (C=O) groups is 1. The van der Waals surface area contributed by atoms with Crippen molar-refractivity contribution < 1.29 is 25.2 Å². The molecule has 0 bridgehead atoms. The third kappa shape index (κ3) is 4.37. The number of aliphatic hydroxyl groups excluding tert-OH is 4. The van der Waals surface area contributed by atoms with E-state index < -0.39 is 36.2 Å². The number of hydrogen-bond donors (Lipinski definition) is 5. The number of ketones is 1. The minimum Gasteiger partial charge on any atom is -0.400 e. The lowest BCUT2D eigenvalue weighted by Crippen LogP contribution is -2.58. The number of aliphatic hydroxyl groups is 4. The maximum absolute atomic E-state index is 12.6. The van der Waals surface area contributed by atoms with E-state index in [1.165, 1.54) is 0 Å². The van der Waals surface area contributed by atoms with Crippen molar-refractivity contribution in [3.8, 4) is 0 Å². The van der Waals surface area contributed by atoms with Crippen LogP contribution < -0.4 is 5.32 Å². The zero-order chi connectivity index (χ0) is 20.1. The average molecular weight is 372 g/mol. The maximum atomic E-state index is 12.6. The molecule has 26 heavy (non-hydrogen) atoms. The largest absolute Gasteiger partial charge is 0.400 e. The first-order chi connectivity index (χ1) is 12.3. The molecule has 0 aromatic rings. The van der Waals surface area contributed by atoms with Crippen molar-refractivity contribution in [2.75, 3.05) is 20.8 Å². The van der Waals surface area contributed by atoms with E-state index in [2.05, 4.69) is 18.3 Å². The summed E-state index contributed by atoms with van der Waals surface area (Å²) in [6.07, 6.45) is 4.99. The number of carbonyl (C=O) groups excluding carboxylic acids is 1. The molecule has 8 atom stereocenters. The molecule has 0 aromatic carbocycles. The Bertz CT molecular complexity index is 483. The molecule has 6 heteroatoms. The van der Waals surface area contributed by atoms with Gasteiger partial charge in [-0.2, -0.15) is 0 Å². The highest BCUT2D eigenvalue weighted by Gasteiger charge is 2.54. The molecule has 0 spiro atoms. The van der Waals surface area contributed by atoms with Gasteiger partial charge in [-0.25, -0.2) is 0 Å². The minimum absolute atomic E-state index is 0.121. The van der Waals surface area contributed by atoms with Crippen molar-refractivity contribution in [3.63, 3.8) is 0 Å². The highest BCUT2D eigenvalue weighted by Crippen LogP contribution is 2.52. The number of rotatable bonds is 6. The molecule has 5 N–H and O–H groups in total. The lowest BCUT2D eigenvalue weighted by Gasteiger charge is -2.53. The van der Waals surface area contributed by atoms with Crippen LogP contribution in [0.15, 0.2) is 12.2 Å². The maximum Gasteiger partial charge on any atom is 0.157 e. The number of nitrogens with one attached hydrogen (secondary N) is 1. The summed E-state index contributed by atoms with van der Waals surface area (Å²) in [6.45, 7) is 5.42. The van der Waals surface area contributed by atoms with E-state index in [1.54, 1.807) is 20.0 Å². The van der Waals surface area contributed by atoms with Gasteiger partial charge in [-0.3, -0.25) is 4.79 Å². The van der Waals surface area contributed by atoms with Gasteiger partial charge in [0.25, 0.3) is 0 Å². The molecule has 0 radical (unpaired) electrons. The molecule has 6 nitrogen and oxygen atoms in total. The van der Waals surface area contributed by atoms with Crippen LogP contribution in [0.1, 0.15) is 40.0 Å². The van der Waals surface area contributed by atoms with Gasteiger partial charge < -0.3 is 25.7 Å². The van der Waals surface area contributed by atoms with Gasteiger partial charge in [-0.1, -0.05) is 32.4 Å². The number of Topliss-reactive ketones (excluding diaryl/α,β-unsaturated/α-hetero) is 1. The molecule has 0 aliphatic heterocycles. The number of fused-ring (bicyclic) bond motifs is 1. The Morgan fingerprint density at radius 2 is 1.92 bits per heavy atom. The Hall–Kier alpha value is -0.790. The van der Waals surface area contributed by atoms with Gasteiger partial charge in [0.15, 0.2) is 5.78 Å². The van der Waals surface area contributed by atoms with Crippen molar-refractivity contribution in [3.05, 3.63) is 12.2 Å². The van der Waals surface area contributed by atoms with Gasteiger partial charge in [0.2, 0.25) is 0 Å². The Balaban J connectivity index is 0.00000163. The molecule has 1 saturated carbocycles. The zero-order valence-electron chi connectivity index (χ0n) is 16.7. The SMILES string of the molecule is CNC(C)C(=O)C(CO)[C@H](O)[C@@]1(C)C2CC[C@H](C)C[C@H]2C=C[C@@H]1O.CO. The lowest BCUT2D eigenvalue weighted by atomic mass is 9.54. The summed E-state index contributed by atoms with van der Waals surface area (Å²) >= 11 is 0. The van der Waals surface area contributed by atoms with Crippen LogP contribution in [0.5, 0.6) is 0 Å². The van der Waals surface area contributed by atoms with Crippen LogP contribution >= 0.6 is 0 Å². The smallest absolute Gasteiger partial charge is 0.157 e.